The van der Waals surface area contributed by atoms with Gasteiger partial charge in [0, 0.05) is 11.3 Å². The topological polar surface area (TPSA) is 50.1 Å². The van der Waals surface area contributed by atoms with E-state index in [4.69, 9.17) is 0 Å². The molecule has 0 aromatic carbocycles. The van der Waals surface area contributed by atoms with Crippen molar-refractivity contribution in [2.24, 2.45) is 5.92 Å². The van der Waals surface area contributed by atoms with Crippen LogP contribution in [0.5, 0.6) is 0 Å². The summed E-state index contributed by atoms with van der Waals surface area (Å²) in [6.07, 6.45) is 2.85. The average Bonchev–Trinajstić information content (AvgIpc) is 2.92. The van der Waals surface area contributed by atoms with E-state index in [9.17, 15) is 10.1 Å². The van der Waals surface area contributed by atoms with E-state index in [-0.39, 0.29) is 11.9 Å². The molecule has 1 heterocycles. The molecule has 1 aromatic heterocycles. The van der Waals surface area contributed by atoms with Gasteiger partial charge in [-0.05, 0) is 30.2 Å². The van der Waals surface area contributed by atoms with Crippen LogP contribution < -0.4 is 0 Å². The number of carbonyl (C=O) groups is 1. The number of hydrogen-bond donors (Lipinski definition) is 0. The molecule has 104 valence electrons. The molecule has 0 aliphatic rings. The monoisotopic (exact) mass is 279 g/mol. The van der Waals surface area contributed by atoms with Crippen molar-refractivity contribution in [1.29, 1.82) is 5.26 Å². The molecule has 0 saturated carbocycles. The van der Waals surface area contributed by atoms with Gasteiger partial charge in [-0.3, -0.25) is 4.79 Å². The number of thiophene rings is 1. The fourth-order valence-electron chi connectivity index (χ4n) is 2.24. The number of rotatable bonds is 7. The third-order valence-corrected chi connectivity index (χ3v) is 4.62. The van der Waals surface area contributed by atoms with Crippen LogP contribution in [-0.2, 0) is 14.9 Å². The Kier molecular flexibility index (Phi) is 6.04. The average molecular weight is 279 g/mol. The second kappa shape index (κ2) is 7.30. The Morgan fingerprint density at radius 1 is 1.53 bits per heavy atom. The highest BCUT2D eigenvalue weighted by atomic mass is 32.1. The van der Waals surface area contributed by atoms with Gasteiger partial charge in [-0.1, -0.05) is 26.3 Å². The van der Waals surface area contributed by atoms with E-state index in [0.717, 1.165) is 24.1 Å². The van der Waals surface area contributed by atoms with Crippen LogP contribution in [0.3, 0.4) is 0 Å². The zero-order chi connectivity index (χ0) is 14.3. The summed E-state index contributed by atoms with van der Waals surface area (Å²) in [6.45, 7) is 4.17. The SMILES string of the molecule is COC(=O)CCCCC(C#N)(c1cccs1)C(C)C. The highest BCUT2D eigenvalue weighted by molar-refractivity contribution is 7.10. The fraction of sp³-hybridized carbons (Fsp3) is 0.600. The quantitative estimate of drug-likeness (QED) is 0.562. The van der Waals surface area contributed by atoms with Gasteiger partial charge in [-0.2, -0.15) is 5.26 Å². The Morgan fingerprint density at radius 3 is 2.74 bits per heavy atom. The van der Waals surface area contributed by atoms with Crippen LogP contribution in [0.4, 0.5) is 0 Å². The van der Waals surface area contributed by atoms with Crippen molar-refractivity contribution in [2.75, 3.05) is 7.11 Å². The summed E-state index contributed by atoms with van der Waals surface area (Å²) in [5.41, 5.74) is -0.426. The molecule has 0 saturated heterocycles. The van der Waals surface area contributed by atoms with Crippen molar-refractivity contribution in [3.8, 4) is 6.07 Å². The number of carbonyl (C=O) groups excluding carboxylic acids is 1. The van der Waals surface area contributed by atoms with E-state index in [2.05, 4.69) is 24.7 Å². The highest BCUT2D eigenvalue weighted by Gasteiger charge is 2.36. The summed E-state index contributed by atoms with van der Waals surface area (Å²) in [6, 6.07) is 6.54. The molecule has 0 amide bonds. The molecule has 4 heteroatoms. The Balaban J connectivity index is 2.67. The number of unbranched alkanes of at least 4 members (excludes halogenated alkanes) is 1. The molecule has 0 bridgehead atoms. The minimum atomic E-state index is -0.426. The number of hydrogen-bond acceptors (Lipinski definition) is 4. The maximum atomic E-state index is 11.1. The molecular weight excluding hydrogens is 258 g/mol. The molecule has 1 unspecified atom stereocenters. The van der Waals surface area contributed by atoms with Gasteiger partial charge in [0.05, 0.1) is 18.6 Å². The van der Waals surface area contributed by atoms with Crippen LogP contribution in [0.25, 0.3) is 0 Å². The molecule has 0 N–H and O–H groups in total. The molecule has 1 atom stereocenters. The fourth-order valence-corrected chi connectivity index (χ4v) is 3.30. The zero-order valence-electron chi connectivity index (χ0n) is 11.8. The van der Waals surface area contributed by atoms with E-state index in [1.54, 1.807) is 11.3 Å². The minimum Gasteiger partial charge on any atom is -0.469 e. The lowest BCUT2D eigenvalue weighted by Gasteiger charge is -2.29. The third kappa shape index (κ3) is 3.81. The van der Waals surface area contributed by atoms with Crippen LogP contribution in [0.1, 0.15) is 44.4 Å². The zero-order valence-corrected chi connectivity index (χ0v) is 12.6. The van der Waals surface area contributed by atoms with E-state index in [0.29, 0.717) is 6.42 Å². The molecule has 0 spiro atoms. The van der Waals surface area contributed by atoms with E-state index >= 15 is 0 Å². The van der Waals surface area contributed by atoms with Gasteiger partial charge in [0.1, 0.15) is 0 Å². The summed E-state index contributed by atoms with van der Waals surface area (Å²) >= 11 is 1.64. The number of ether oxygens (including phenoxy) is 1. The molecular formula is C15H21NO2S. The molecule has 19 heavy (non-hydrogen) atoms. The van der Waals surface area contributed by atoms with Gasteiger partial charge in [0.2, 0.25) is 0 Å². The number of nitrogens with zero attached hydrogens (tertiary/aromatic N) is 1. The molecule has 0 aliphatic carbocycles. The van der Waals surface area contributed by atoms with Gasteiger partial charge in [0.25, 0.3) is 0 Å². The third-order valence-electron chi connectivity index (χ3n) is 3.58. The first-order valence-electron chi connectivity index (χ1n) is 6.59. The first-order valence-corrected chi connectivity index (χ1v) is 7.47. The molecule has 1 aromatic rings. The minimum absolute atomic E-state index is 0.178. The Labute approximate surface area is 119 Å². The smallest absolute Gasteiger partial charge is 0.305 e. The van der Waals surface area contributed by atoms with Gasteiger partial charge in [-0.25, -0.2) is 0 Å². The predicted octanol–water partition coefficient (Wildman–Crippen LogP) is 3.90. The molecule has 0 fully saturated rings. The molecule has 3 nitrogen and oxygen atoms in total. The molecule has 0 radical (unpaired) electrons. The van der Waals surface area contributed by atoms with E-state index in [1.165, 1.54) is 7.11 Å². The summed E-state index contributed by atoms with van der Waals surface area (Å²) in [5, 5.41) is 11.7. The van der Waals surface area contributed by atoms with Crippen LogP contribution in [0, 0.1) is 17.2 Å². The summed E-state index contributed by atoms with van der Waals surface area (Å²) in [5.74, 6) is 0.0810. The first kappa shape index (κ1) is 15.7. The van der Waals surface area contributed by atoms with Crippen molar-refractivity contribution in [3.05, 3.63) is 22.4 Å². The lowest BCUT2D eigenvalue weighted by atomic mass is 9.73. The van der Waals surface area contributed by atoms with Crippen molar-refractivity contribution < 1.29 is 9.53 Å². The normalized spacial score (nSPS) is 13.8. The van der Waals surface area contributed by atoms with Crippen molar-refractivity contribution in [1.82, 2.24) is 0 Å². The number of methoxy groups -OCH3 is 1. The number of esters is 1. The van der Waals surface area contributed by atoms with Crippen molar-refractivity contribution in [2.45, 2.75) is 44.9 Å². The van der Waals surface area contributed by atoms with E-state index in [1.807, 2.05) is 17.5 Å². The largest absolute Gasteiger partial charge is 0.469 e. The maximum absolute atomic E-state index is 11.1. The van der Waals surface area contributed by atoms with Gasteiger partial charge in [0.15, 0.2) is 0 Å². The van der Waals surface area contributed by atoms with Crippen LogP contribution >= 0.6 is 11.3 Å². The summed E-state index contributed by atoms with van der Waals surface area (Å²) < 4.78 is 4.63. The van der Waals surface area contributed by atoms with Gasteiger partial charge < -0.3 is 4.74 Å². The van der Waals surface area contributed by atoms with Crippen LogP contribution in [0.2, 0.25) is 0 Å². The number of nitriles is 1. The van der Waals surface area contributed by atoms with Crippen LogP contribution in [0.15, 0.2) is 17.5 Å². The summed E-state index contributed by atoms with van der Waals surface area (Å²) in [4.78, 5) is 12.2. The van der Waals surface area contributed by atoms with E-state index < -0.39 is 5.41 Å². The van der Waals surface area contributed by atoms with Crippen molar-refractivity contribution in [3.63, 3.8) is 0 Å². The summed E-state index contributed by atoms with van der Waals surface area (Å²) in [7, 11) is 1.40. The Morgan fingerprint density at radius 2 is 2.26 bits per heavy atom. The Hall–Kier alpha value is -1.34. The maximum Gasteiger partial charge on any atom is 0.305 e. The lowest BCUT2D eigenvalue weighted by Crippen LogP contribution is -2.29. The lowest BCUT2D eigenvalue weighted by molar-refractivity contribution is -0.140. The van der Waals surface area contributed by atoms with Gasteiger partial charge in [-0.15, -0.1) is 11.3 Å². The van der Waals surface area contributed by atoms with Crippen molar-refractivity contribution >= 4 is 17.3 Å². The second-order valence-corrected chi connectivity index (χ2v) is 5.95. The molecule has 1 rings (SSSR count). The standard InChI is InChI=1S/C15H21NO2S/c1-12(2)15(11-16,13-7-6-10-19-13)9-5-4-8-14(17)18-3/h6-7,10,12H,4-5,8-9H2,1-3H3. The van der Waals surface area contributed by atoms with Gasteiger partial charge >= 0.3 is 5.97 Å². The van der Waals surface area contributed by atoms with Crippen LogP contribution in [-0.4, -0.2) is 13.1 Å². The molecule has 0 aliphatic heterocycles. The predicted molar refractivity (Wildman–Crippen MR) is 76.9 cm³/mol. The first-order chi connectivity index (χ1) is 9.06. The highest BCUT2D eigenvalue weighted by Crippen LogP contribution is 2.39. The Bertz CT molecular complexity index is 433. The second-order valence-electron chi connectivity index (χ2n) is 5.00.